The van der Waals surface area contributed by atoms with Gasteiger partial charge in [0.25, 0.3) is 0 Å². The third-order valence-electron chi connectivity index (χ3n) is 3.52. The number of benzene rings is 1. The predicted octanol–water partition coefficient (Wildman–Crippen LogP) is 0.624. The Morgan fingerprint density at radius 3 is 2.59 bits per heavy atom. The van der Waals surface area contributed by atoms with Crippen LogP contribution in [0.1, 0.15) is 10.4 Å². The molecule has 1 amide bonds. The van der Waals surface area contributed by atoms with Gasteiger partial charge in [-0.2, -0.15) is 0 Å². The van der Waals surface area contributed by atoms with E-state index in [1.807, 2.05) is 18.2 Å². The highest BCUT2D eigenvalue weighted by Gasteiger charge is 2.10. The summed E-state index contributed by atoms with van der Waals surface area (Å²) in [4.78, 5) is 25.9. The van der Waals surface area contributed by atoms with Gasteiger partial charge in [0, 0.05) is 44.8 Å². The number of amides is 1. The number of nitrogens with zero attached hydrogens (tertiary/aromatic N) is 1. The zero-order valence-corrected chi connectivity index (χ0v) is 13.5. The highest BCUT2D eigenvalue weighted by atomic mass is 32.2. The molecule has 1 aromatic carbocycles. The molecule has 1 saturated heterocycles. The molecule has 5 nitrogen and oxygen atoms in total. The summed E-state index contributed by atoms with van der Waals surface area (Å²) in [5.41, 5.74) is 0.703. The van der Waals surface area contributed by atoms with Gasteiger partial charge in [-0.25, -0.2) is 0 Å². The van der Waals surface area contributed by atoms with Crippen LogP contribution in [0.2, 0.25) is 0 Å². The predicted molar refractivity (Wildman–Crippen MR) is 90.4 cm³/mol. The Kier molecular flexibility index (Phi) is 7.42. The summed E-state index contributed by atoms with van der Waals surface area (Å²) < 4.78 is 0. The lowest BCUT2D eigenvalue weighted by Gasteiger charge is -2.27. The first-order chi connectivity index (χ1) is 10.8. The number of piperazine rings is 1. The van der Waals surface area contributed by atoms with Crippen molar-refractivity contribution in [3.05, 3.63) is 35.9 Å². The maximum atomic E-state index is 11.9. The standard InChI is InChI=1S/C16H23N3O2S/c20-15(14-4-2-1-3-5-14)12-22-13-16(21)18-8-11-19-9-6-17-7-10-19/h1-5,17H,6-13H2,(H,18,21). The number of carbonyl (C=O) groups excluding carboxylic acids is 2. The highest BCUT2D eigenvalue weighted by molar-refractivity contribution is 8.00. The zero-order valence-electron chi connectivity index (χ0n) is 12.7. The number of carbonyl (C=O) groups is 2. The summed E-state index contributed by atoms with van der Waals surface area (Å²) in [5.74, 6) is 0.746. The molecule has 1 fully saturated rings. The molecule has 6 heteroatoms. The Bertz CT molecular complexity index is 476. The van der Waals surface area contributed by atoms with Crippen molar-refractivity contribution in [3.63, 3.8) is 0 Å². The number of Topliss-reactive ketones (excluding diaryl/α,β-unsaturated/α-hetero) is 1. The van der Waals surface area contributed by atoms with E-state index in [9.17, 15) is 9.59 Å². The van der Waals surface area contributed by atoms with Crippen LogP contribution in [0.4, 0.5) is 0 Å². The fourth-order valence-corrected chi connectivity index (χ4v) is 3.02. The molecule has 0 unspecified atom stereocenters. The minimum atomic E-state index is 0.000922. The van der Waals surface area contributed by atoms with Gasteiger partial charge in [0.2, 0.25) is 5.91 Å². The lowest BCUT2D eigenvalue weighted by atomic mass is 10.2. The Labute approximate surface area is 135 Å². The summed E-state index contributed by atoms with van der Waals surface area (Å²) in [7, 11) is 0. The number of hydrogen-bond donors (Lipinski definition) is 2. The van der Waals surface area contributed by atoms with E-state index in [1.165, 1.54) is 11.8 Å². The zero-order chi connectivity index (χ0) is 15.6. The second-order valence-electron chi connectivity index (χ2n) is 5.22. The summed E-state index contributed by atoms with van der Waals surface area (Å²) in [6.07, 6.45) is 0. The van der Waals surface area contributed by atoms with Crippen molar-refractivity contribution >= 4 is 23.5 Å². The largest absolute Gasteiger partial charge is 0.354 e. The molecule has 0 radical (unpaired) electrons. The second-order valence-corrected chi connectivity index (χ2v) is 6.21. The van der Waals surface area contributed by atoms with Crippen molar-refractivity contribution in [2.75, 3.05) is 50.8 Å². The van der Waals surface area contributed by atoms with Crippen LogP contribution in [0.25, 0.3) is 0 Å². The molecule has 0 spiro atoms. The van der Waals surface area contributed by atoms with Gasteiger partial charge in [0.1, 0.15) is 0 Å². The number of rotatable bonds is 8. The van der Waals surface area contributed by atoms with E-state index in [1.54, 1.807) is 12.1 Å². The van der Waals surface area contributed by atoms with E-state index < -0.39 is 0 Å². The Morgan fingerprint density at radius 1 is 1.14 bits per heavy atom. The highest BCUT2D eigenvalue weighted by Crippen LogP contribution is 2.06. The van der Waals surface area contributed by atoms with Crippen LogP contribution in [-0.4, -0.2) is 67.4 Å². The van der Waals surface area contributed by atoms with E-state index in [-0.39, 0.29) is 11.7 Å². The fourth-order valence-electron chi connectivity index (χ4n) is 2.28. The molecule has 120 valence electrons. The smallest absolute Gasteiger partial charge is 0.230 e. The fraction of sp³-hybridized carbons (Fsp3) is 0.500. The van der Waals surface area contributed by atoms with Gasteiger partial charge < -0.3 is 10.6 Å². The van der Waals surface area contributed by atoms with Crippen LogP contribution in [0, 0.1) is 0 Å². The van der Waals surface area contributed by atoms with Crippen molar-refractivity contribution in [2.45, 2.75) is 0 Å². The minimum absolute atomic E-state index is 0.000922. The van der Waals surface area contributed by atoms with Gasteiger partial charge in [0.15, 0.2) is 5.78 Å². The lowest BCUT2D eigenvalue weighted by Crippen LogP contribution is -2.46. The maximum Gasteiger partial charge on any atom is 0.230 e. The lowest BCUT2D eigenvalue weighted by molar-refractivity contribution is -0.118. The molecule has 2 rings (SSSR count). The van der Waals surface area contributed by atoms with Crippen LogP contribution >= 0.6 is 11.8 Å². The molecule has 0 bridgehead atoms. The molecule has 0 atom stereocenters. The molecule has 22 heavy (non-hydrogen) atoms. The summed E-state index contributed by atoms with van der Waals surface area (Å²) in [5, 5.41) is 6.21. The summed E-state index contributed by atoms with van der Waals surface area (Å²) in [6, 6.07) is 9.18. The molecule has 0 saturated carbocycles. The summed E-state index contributed by atoms with van der Waals surface area (Å²) in [6.45, 7) is 5.68. The average Bonchev–Trinajstić information content (AvgIpc) is 2.56. The van der Waals surface area contributed by atoms with Gasteiger partial charge in [-0.05, 0) is 0 Å². The molecule has 1 heterocycles. The van der Waals surface area contributed by atoms with Crippen LogP contribution in [-0.2, 0) is 4.79 Å². The number of hydrogen-bond acceptors (Lipinski definition) is 5. The SMILES string of the molecule is O=C(CSCC(=O)c1ccccc1)NCCN1CCNCC1. The third-order valence-corrected chi connectivity index (χ3v) is 4.45. The van der Waals surface area contributed by atoms with Crippen LogP contribution in [0.3, 0.4) is 0 Å². The van der Waals surface area contributed by atoms with E-state index in [4.69, 9.17) is 0 Å². The molecule has 2 N–H and O–H groups in total. The van der Waals surface area contributed by atoms with Crippen molar-refractivity contribution < 1.29 is 9.59 Å². The number of nitrogens with one attached hydrogen (secondary N) is 2. The maximum absolute atomic E-state index is 11.9. The molecular formula is C16H23N3O2S. The topological polar surface area (TPSA) is 61.4 Å². The monoisotopic (exact) mass is 321 g/mol. The van der Waals surface area contributed by atoms with E-state index in [0.717, 1.165) is 32.7 Å². The first-order valence-electron chi connectivity index (χ1n) is 7.61. The van der Waals surface area contributed by atoms with Crippen LogP contribution in [0.5, 0.6) is 0 Å². The van der Waals surface area contributed by atoms with Gasteiger partial charge in [-0.1, -0.05) is 30.3 Å². The average molecular weight is 321 g/mol. The van der Waals surface area contributed by atoms with Gasteiger partial charge in [-0.15, -0.1) is 11.8 Å². The minimum Gasteiger partial charge on any atom is -0.354 e. The number of ketones is 1. The molecule has 1 aliphatic rings. The van der Waals surface area contributed by atoms with Gasteiger partial charge in [0.05, 0.1) is 11.5 Å². The van der Waals surface area contributed by atoms with Gasteiger partial charge >= 0.3 is 0 Å². The molecule has 1 aliphatic heterocycles. The second kappa shape index (κ2) is 9.61. The number of thioether (sulfide) groups is 1. The van der Waals surface area contributed by atoms with Gasteiger partial charge in [-0.3, -0.25) is 14.5 Å². The Balaban J connectivity index is 1.55. The molecular weight excluding hydrogens is 298 g/mol. The Morgan fingerprint density at radius 2 is 1.86 bits per heavy atom. The van der Waals surface area contributed by atoms with Crippen molar-refractivity contribution in [1.82, 2.24) is 15.5 Å². The molecule has 1 aromatic rings. The van der Waals surface area contributed by atoms with E-state index >= 15 is 0 Å². The normalized spacial score (nSPS) is 15.5. The summed E-state index contributed by atoms with van der Waals surface area (Å²) >= 11 is 1.37. The Hall–Kier alpha value is -1.37. The first kappa shape index (κ1) is 17.0. The molecule has 0 aromatic heterocycles. The van der Waals surface area contributed by atoms with E-state index in [2.05, 4.69) is 15.5 Å². The van der Waals surface area contributed by atoms with Crippen molar-refractivity contribution in [3.8, 4) is 0 Å². The van der Waals surface area contributed by atoms with E-state index in [0.29, 0.717) is 23.6 Å². The first-order valence-corrected chi connectivity index (χ1v) is 8.77. The van der Waals surface area contributed by atoms with Crippen molar-refractivity contribution in [1.29, 1.82) is 0 Å². The van der Waals surface area contributed by atoms with Crippen LogP contribution in [0.15, 0.2) is 30.3 Å². The molecule has 0 aliphatic carbocycles. The van der Waals surface area contributed by atoms with Crippen molar-refractivity contribution in [2.24, 2.45) is 0 Å². The third kappa shape index (κ3) is 6.17. The van der Waals surface area contributed by atoms with Crippen LogP contribution < -0.4 is 10.6 Å². The quantitative estimate of drug-likeness (QED) is 0.688.